The fourth-order valence-electron chi connectivity index (χ4n) is 2.76. The maximum absolute atomic E-state index is 5.84. The molecule has 1 aliphatic rings. The molecule has 2 heterocycles. The van der Waals surface area contributed by atoms with Gasteiger partial charge in [-0.15, -0.1) is 10.2 Å². The normalized spacial score (nSPS) is 18.8. The molecule has 0 bridgehead atoms. The third-order valence-electron chi connectivity index (χ3n) is 4.18. The van der Waals surface area contributed by atoms with Crippen LogP contribution in [-0.4, -0.2) is 41.4 Å². The molecule has 1 aromatic carbocycles. The second-order valence-corrected chi connectivity index (χ2v) is 5.46. The van der Waals surface area contributed by atoms with Gasteiger partial charge >= 0.3 is 0 Å². The predicted octanol–water partition coefficient (Wildman–Crippen LogP) is 2.91. The van der Waals surface area contributed by atoms with Crippen LogP contribution in [0.3, 0.4) is 0 Å². The first-order chi connectivity index (χ1) is 10.3. The van der Waals surface area contributed by atoms with Gasteiger partial charge in [0.25, 0.3) is 0 Å². The molecule has 1 atom stereocenters. The molecule has 1 unspecified atom stereocenters. The van der Waals surface area contributed by atoms with E-state index in [1.54, 1.807) is 7.11 Å². The van der Waals surface area contributed by atoms with Crippen molar-refractivity contribution in [2.75, 3.05) is 20.2 Å². The number of hydrogen-bond donors (Lipinski definition) is 0. The molecule has 0 amide bonds. The summed E-state index contributed by atoms with van der Waals surface area (Å²) in [6.45, 7) is 4.13. The summed E-state index contributed by atoms with van der Waals surface area (Å²) < 4.78 is 11.3. The third kappa shape index (κ3) is 3.14. The molecule has 112 valence electrons. The van der Waals surface area contributed by atoms with Crippen LogP contribution in [0.25, 0.3) is 11.5 Å². The van der Waals surface area contributed by atoms with Crippen molar-refractivity contribution in [3.8, 4) is 11.5 Å². The molecule has 5 nitrogen and oxygen atoms in total. The summed E-state index contributed by atoms with van der Waals surface area (Å²) in [7, 11) is 1.79. The maximum atomic E-state index is 5.84. The lowest BCUT2D eigenvalue weighted by molar-refractivity contribution is 0.0256. The first-order valence-corrected chi connectivity index (χ1v) is 7.43. The number of ether oxygens (including phenoxy) is 1. The maximum Gasteiger partial charge on any atom is 0.247 e. The Morgan fingerprint density at radius 3 is 2.57 bits per heavy atom. The van der Waals surface area contributed by atoms with Crippen molar-refractivity contribution >= 4 is 0 Å². The number of rotatable bonds is 4. The molecule has 1 saturated heterocycles. The van der Waals surface area contributed by atoms with Gasteiger partial charge in [0, 0.05) is 25.8 Å². The van der Waals surface area contributed by atoms with Crippen LogP contribution < -0.4 is 0 Å². The summed E-state index contributed by atoms with van der Waals surface area (Å²) in [6.07, 6.45) is 2.50. The number of likely N-dealkylation sites (tertiary alicyclic amines) is 1. The van der Waals surface area contributed by atoms with Gasteiger partial charge < -0.3 is 9.15 Å². The highest BCUT2D eigenvalue weighted by Gasteiger charge is 2.26. The molecule has 1 fully saturated rings. The number of methoxy groups -OCH3 is 1. The zero-order valence-corrected chi connectivity index (χ0v) is 12.5. The van der Waals surface area contributed by atoms with Gasteiger partial charge in [0.15, 0.2) is 0 Å². The Morgan fingerprint density at radius 2 is 1.90 bits per heavy atom. The number of nitrogens with zero attached hydrogens (tertiary/aromatic N) is 3. The number of aromatic nitrogens is 2. The molecule has 0 aliphatic carbocycles. The van der Waals surface area contributed by atoms with Gasteiger partial charge in [-0.05, 0) is 31.9 Å². The molecule has 21 heavy (non-hydrogen) atoms. The van der Waals surface area contributed by atoms with E-state index in [0.717, 1.165) is 31.5 Å². The minimum Gasteiger partial charge on any atom is -0.419 e. The Kier molecular flexibility index (Phi) is 4.31. The van der Waals surface area contributed by atoms with Crippen LogP contribution in [0.15, 0.2) is 34.7 Å². The van der Waals surface area contributed by atoms with E-state index in [9.17, 15) is 0 Å². The molecular formula is C16H21N3O2. The SMILES string of the molecule is COC1CCN(C(C)c2nnc(-c3ccccc3)o2)CC1. The van der Waals surface area contributed by atoms with Crippen molar-refractivity contribution in [1.82, 2.24) is 15.1 Å². The monoisotopic (exact) mass is 287 g/mol. The largest absolute Gasteiger partial charge is 0.419 e. The molecule has 0 radical (unpaired) electrons. The van der Waals surface area contributed by atoms with Crippen molar-refractivity contribution in [1.29, 1.82) is 0 Å². The highest BCUT2D eigenvalue weighted by molar-refractivity contribution is 5.51. The van der Waals surface area contributed by atoms with Crippen LogP contribution in [0, 0.1) is 0 Å². The zero-order valence-electron chi connectivity index (χ0n) is 12.5. The Hall–Kier alpha value is -1.72. The molecule has 1 aliphatic heterocycles. The third-order valence-corrected chi connectivity index (χ3v) is 4.18. The molecule has 0 N–H and O–H groups in total. The van der Waals surface area contributed by atoms with Crippen LogP contribution in [0.5, 0.6) is 0 Å². The van der Waals surface area contributed by atoms with E-state index in [-0.39, 0.29) is 6.04 Å². The topological polar surface area (TPSA) is 51.4 Å². The number of benzene rings is 1. The van der Waals surface area contributed by atoms with Crippen molar-refractivity contribution < 1.29 is 9.15 Å². The Balaban J connectivity index is 1.69. The summed E-state index contributed by atoms with van der Waals surface area (Å²) in [5.74, 6) is 1.27. The Bertz CT molecular complexity index is 562. The fraction of sp³-hybridized carbons (Fsp3) is 0.500. The van der Waals surface area contributed by atoms with E-state index in [1.807, 2.05) is 30.3 Å². The lowest BCUT2D eigenvalue weighted by Crippen LogP contribution is -2.38. The summed E-state index contributed by atoms with van der Waals surface area (Å²) in [4.78, 5) is 2.37. The van der Waals surface area contributed by atoms with Gasteiger partial charge in [-0.25, -0.2) is 0 Å². The number of piperidine rings is 1. The van der Waals surface area contributed by atoms with E-state index >= 15 is 0 Å². The van der Waals surface area contributed by atoms with Gasteiger partial charge in [-0.2, -0.15) is 0 Å². The minimum absolute atomic E-state index is 0.146. The van der Waals surface area contributed by atoms with E-state index in [4.69, 9.17) is 9.15 Å². The first kappa shape index (κ1) is 14.2. The average Bonchev–Trinajstić information content (AvgIpc) is 3.05. The van der Waals surface area contributed by atoms with Gasteiger partial charge in [-0.1, -0.05) is 18.2 Å². The molecule has 2 aromatic rings. The van der Waals surface area contributed by atoms with Gasteiger partial charge in [0.05, 0.1) is 12.1 Å². The van der Waals surface area contributed by atoms with Crippen LogP contribution >= 0.6 is 0 Å². The molecule has 0 saturated carbocycles. The van der Waals surface area contributed by atoms with Crippen molar-refractivity contribution in [2.24, 2.45) is 0 Å². The van der Waals surface area contributed by atoms with Crippen molar-refractivity contribution in [2.45, 2.75) is 31.9 Å². The van der Waals surface area contributed by atoms with Crippen LogP contribution in [-0.2, 0) is 4.74 Å². The second kappa shape index (κ2) is 6.37. The smallest absolute Gasteiger partial charge is 0.247 e. The molecule has 1 aromatic heterocycles. The highest BCUT2D eigenvalue weighted by atomic mass is 16.5. The standard InChI is InChI=1S/C16H21N3O2/c1-12(19-10-8-14(20-2)9-11-19)15-17-18-16(21-15)13-6-4-3-5-7-13/h3-7,12,14H,8-11H2,1-2H3. The van der Waals surface area contributed by atoms with E-state index < -0.39 is 0 Å². The van der Waals surface area contributed by atoms with E-state index in [1.165, 1.54) is 0 Å². The zero-order chi connectivity index (χ0) is 14.7. The van der Waals surface area contributed by atoms with E-state index in [2.05, 4.69) is 22.0 Å². The van der Waals surface area contributed by atoms with E-state index in [0.29, 0.717) is 17.9 Å². The van der Waals surface area contributed by atoms with Gasteiger partial charge in [0.2, 0.25) is 11.8 Å². The van der Waals surface area contributed by atoms with Crippen LogP contribution in [0.1, 0.15) is 31.7 Å². The number of hydrogen-bond acceptors (Lipinski definition) is 5. The van der Waals surface area contributed by atoms with Crippen molar-refractivity contribution in [3.63, 3.8) is 0 Å². The predicted molar refractivity (Wildman–Crippen MR) is 79.8 cm³/mol. The Morgan fingerprint density at radius 1 is 1.19 bits per heavy atom. The molecular weight excluding hydrogens is 266 g/mol. The summed E-state index contributed by atoms with van der Waals surface area (Å²) in [6, 6.07) is 10.0. The quantitative estimate of drug-likeness (QED) is 0.865. The summed E-state index contributed by atoms with van der Waals surface area (Å²) >= 11 is 0. The van der Waals surface area contributed by atoms with Crippen LogP contribution in [0.2, 0.25) is 0 Å². The Labute approximate surface area is 124 Å². The second-order valence-electron chi connectivity index (χ2n) is 5.46. The highest BCUT2D eigenvalue weighted by Crippen LogP contribution is 2.26. The summed E-state index contributed by atoms with van der Waals surface area (Å²) in [5.41, 5.74) is 0.960. The fourth-order valence-corrected chi connectivity index (χ4v) is 2.76. The molecule has 5 heteroatoms. The van der Waals surface area contributed by atoms with Crippen LogP contribution in [0.4, 0.5) is 0 Å². The lowest BCUT2D eigenvalue weighted by atomic mass is 10.1. The average molecular weight is 287 g/mol. The summed E-state index contributed by atoms with van der Waals surface area (Å²) in [5, 5.41) is 8.38. The first-order valence-electron chi connectivity index (χ1n) is 7.43. The van der Waals surface area contributed by atoms with Crippen molar-refractivity contribution in [3.05, 3.63) is 36.2 Å². The lowest BCUT2D eigenvalue weighted by Gasteiger charge is -2.33. The van der Waals surface area contributed by atoms with Gasteiger partial charge in [-0.3, -0.25) is 4.90 Å². The molecule has 3 rings (SSSR count). The molecule has 0 spiro atoms. The van der Waals surface area contributed by atoms with Gasteiger partial charge in [0.1, 0.15) is 0 Å². The minimum atomic E-state index is 0.146.